The average Bonchev–Trinajstić information content (AvgIpc) is 2.88. The van der Waals surface area contributed by atoms with Gasteiger partial charge in [0.2, 0.25) is 10.0 Å². The van der Waals surface area contributed by atoms with E-state index in [0.717, 1.165) is 16.7 Å². The first kappa shape index (κ1) is 27.5. The molecular formula is C28H30ClNO5S2. The quantitative estimate of drug-likeness (QED) is 0.337. The van der Waals surface area contributed by atoms with Gasteiger partial charge in [-0.1, -0.05) is 53.6 Å². The summed E-state index contributed by atoms with van der Waals surface area (Å²) in [6.07, 6.45) is 0.369. The van der Waals surface area contributed by atoms with Gasteiger partial charge in [-0.25, -0.2) is 8.42 Å². The minimum atomic E-state index is -3.94. The predicted molar refractivity (Wildman–Crippen MR) is 148 cm³/mol. The first-order valence-corrected chi connectivity index (χ1v) is 15.0. The van der Waals surface area contributed by atoms with Crippen LogP contribution in [0.15, 0.2) is 77.7 Å². The molecule has 0 radical (unpaired) electrons. The lowest BCUT2D eigenvalue weighted by Gasteiger charge is -2.41. The fourth-order valence-electron chi connectivity index (χ4n) is 4.51. The Hall–Kier alpha value is -2.52. The third-order valence-electron chi connectivity index (χ3n) is 6.53. The largest absolute Gasteiger partial charge is 0.494 e. The summed E-state index contributed by atoms with van der Waals surface area (Å²) in [6.45, 7) is 4.21. The summed E-state index contributed by atoms with van der Waals surface area (Å²) in [7, 11) is -3.94. The van der Waals surface area contributed by atoms with E-state index >= 15 is 0 Å². The molecule has 1 N–H and O–H groups in total. The van der Waals surface area contributed by atoms with Gasteiger partial charge in [0.1, 0.15) is 5.75 Å². The molecule has 4 rings (SSSR count). The summed E-state index contributed by atoms with van der Waals surface area (Å²) in [4.78, 5) is 12.5. The van der Waals surface area contributed by atoms with Gasteiger partial charge < -0.3 is 9.84 Å². The minimum Gasteiger partial charge on any atom is -0.494 e. The summed E-state index contributed by atoms with van der Waals surface area (Å²) < 4.78 is 34.6. The van der Waals surface area contributed by atoms with E-state index in [0.29, 0.717) is 29.6 Å². The summed E-state index contributed by atoms with van der Waals surface area (Å²) in [6, 6.07) is 21.0. The number of ether oxygens (including phenoxy) is 1. The van der Waals surface area contributed by atoms with Gasteiger partial charge in [0.05, 0.1) is 23.5 Å². The molecule has 1 aliphatic heterocycles. The van der Waals surface area contributed by atoms with Crippen LogP contribution in [0.4, 0.5) is 0 Å². The topological polar surface area (TPSA) is 83.9 Å². The van der Waals surface area contributed by atoms with Gasteiger partial charge in [0.15, 0.2) is 0 Å². The average molecular weight is 560 g/mol. The molecule has 1 fully saturated rings. The molecule has 3 aromatic rings. The second kappa shape index (κ2) is 11.9. The number of carboxylic acids is 1. The van der Waals surface area contributed by atoms with Crippen LogP contribution in [0.25, 0.3) is 0 Å². The third-order valence-corrected chi connectivity index (χ3v) is 10.1. The molecule has 3 aromatic carbocycles. The van der Waals surface area contributed by atoms with E-state index in [1.165, 1.54) is 4.31 Å². The lowest BCUT2D eigenvalue weighted by molar-refractivity contribution is -0.143. The van der Waals surface area contributed by atoms with Gasteiger partial charge in [-0.2, -0.15) is 16.1 Å². The van der Waals surface area contributed by atoms with Crippen LogP contribution in [-0.2, 0) is 20.6 Å². The Morgan fingerprint density at radius 2 is 1.70 bits per heavy atom. The van der Waals surface area contributed by atoms with Crippen LogP contribution in [0.5, 0.6) is 5.75 Å². The predicted octanol–water partition coefficient (Wildman–Crippen LogP) is 6.19. The highest BCUT2D eigenvalue weighted by atomic mass is 35.5. The third kappa shape index (κ3) is 6.49. The zero-order valence-electron chi connectivity index (χ0n) is 20.7. The lowest BCUT2D eigenvalue weighted by atomic mass is 9.90. The van der Waals surface area contributed by atoms with Crippen molar-refractivity contribution in [2.75, 3.05) is 13.2 Å². The smallest absolute Gasteiger partial charge is 0.308 e. The highest BCUT2D eigenvalue weighted by Gasteiger charge is 2.45. The fraction of sp³-hybridized carbons (Fsp3) is 0.321. The molecule has 9 heteroatoms. The van der Waals surface area contributed by atoms with Crippen LogP contribution in [0.1, 0.15) is 36.1 Å². The van der Waals surface area contributed by atoms with Crippen molar-refractivity contribution in [3.8, 4) is 5.75 Å². The fourth-order valence-corrected chi connectivity index (χ4v) is 7.64. The number of thioether (sulfide) groups is 1. The molecule has 1 saturated heterocycles. The molecule has 0 unspecified atom stereocenters. The highest BCUT2D eigenvalue weighted by molar-refractivity contribution is 7.99. The van der Waals surface area contributed by atoms with E-state index in [1.807, 2.05) is 62.4 Å². The summed E-state index contributed by atoms with van der Waals surface area (Å²) in [5, 5.41) is 10.5. The van der Waals surface area contributed by atoms with Crippen molar-refractivity contribution in [2.24, 2.45) is 5.92 Å². The summed E-state index contributed by atoms with van der Waals surface area (Å²) in [5.41, 5.74) is 2.79. The molecule has 0 aromatic heterocycles. The molecule has 3 atom stereocenters. The van der Waals surface area contributed by atoms with E-state index in [4.69, 9.17) is 16.3 Å². The van der Waals surface area contributed by atoms with Gasteiger partial charge >= 0.3 is 5.97 Å². The molecule has 1 aliphatic rings. The number of halogens is 1. The maximum atomic E-state index is 13.8. The number of aliphatic carboxylic acids is 1. The van der Waals surface area contributed by atoms with Crippen LogP contribution >= 0.6 is 23.4 Å². The van der Waals surface area contributed by atoms with Crippen LogP contribution in [-0.4, -0.2) is 42.2 Å². The van der Waals surface area contributed by atoms with Gasteiger partial charge in [-0.3, -0.25) is 4.79 Å². The Morgan fingerprint density at radius 1 is 1.05 bits per heavy atom. The van der Waals surface area contributed by atoms with E-state index in [-0.39, 0.29) is 16.7 Å². The van der Waals surface area contributed by atoms with Crippen molar-refractivity contribution < 1.29 is 23.1 Å². The molecule has 37 heavy (non-hydrogen) atoms. The maximum Gasteiger partial charge on any atom is 0.308 e. The number of piperidine rings is 1. The van der Waals surface area contributed by atoms with E-state index in [2.05, 4.69) is 0 Å². The first-order chi connectivity index (χ1) is 17.7. The first-order valence-electron chi connectivity index (χ1n) is 12.1. The van der Waals surface area contributed by atoms with Crippen LogP contribution in [0.2, 0.25) is 5.02 Å². The monoisotopic (exact) mass is 559 g/mol. The Morgan fingerprint density at radius 3 is 2.30 bits per heavy atom. The molecule has 0 amide bonds. The van der Waals surface area contributed by atoms with Gasteiger partial charge in [0, 0.05) is 22.6 Å². The summed E-state index contributed by atoms with van der Waals surface area (Å²) in [5.74, 6) is -0.543. The number of benzene rings is 3. The molecular weight excluding hydrogens is 530 g/mol. The van der Waals surface area contributed by atoms with Crippen molar-refractivity contribution in [1.29, 1.82) is 0 Å². The molecule has 0 aliphatic carbocycles. The number of carboxylic acid groups (broad SMARTS) is 1. The van der Waals surface area contributed by atoms with Crippen molar-refractivity contribution in [1.82, 2.24) is 4.31 Å². The minimum absolute atomic E-state index is 0.109. The van der Waals surface area contributed by atoms with Crippen LogP contribution in [0.3, 0.4) is 0 Å². The van der Waals surface area contributed by atoms with E-state index < -0.39 is 28.0 Å². The molecule has 6 nitrogen and oxygen atoms in total. The van der Waals surface area contributed by atoms with Crippen LogP contribution in [0, 0.1) is 12.8 Å². The number of sulfonamides is 1. The van der Waals surface area contributed by atoms with E-state index in [9.17, 15) is 18.3 Å². The highest BCUT2D eigenvalue weighted by Crippen LogP contribution is 2.43. The molecule has 0 bridgehead atoms. The number of hydrogen-bond acceptors (Lipinski definition) is 5. The van der Waals surface area contributed by atoms with Gasteiger partial charge in [-0.05, 0) is 67.8 Å². The Balaban J connectivity index is 1.68. The zero-order chi connectivity index (χ0) is 26.6. The maximum absolute atomic E-state index is 13.8. The molecule has 0 spiro atoms. The van der Waals surface area contributed by atoms with E-state index in [1.54, 1.807) is 36.0 Å². The van der Waals surface area contributed by atoms with Crippen molar-refractivity contribution >= 4 is 39.4 Å². The molecule has 0 saturated carbocycles. The second-order valence-electron chi connectivity index (χ2n) is 9.06. The van der Waals surface area contributed by atoms with Gasteiger partial charge in [0.25, 0.3) is 0 Å². The molecule has 196 valence electrons. The number of hydrogen-bond donors (Lipinski definition) is 1. The lowest BCUT2D eigenvalue weighted by Crippen LogP contribution is -2.49. The second-order valence-corrected chi connectivity index (χ2v) is 12.6. The Bertz CT molecular complexity index is 1310. The van der Waals surface area contributed by atoms with Crippen LogP contribution < -0.4 is 4.74 Å². The summed E-state index contributed by atoms with van der Waals surface area (Å²) >= 11 is 7.55. The standard InChI is InChI=1S/C28H30ClNO5S2/c1-3-35-23-12-8-21(9-13-23)26-16-27(36-18-20-6-10-22(29)11-7-20)25(28(31)32)17-30(26)37(33,34)24-14-4-19(2)5-15-24/h4-15,25-27H,3,16-18H2,1-2H3,(H,31,32)/t25-,26+,27-/m1/s1. The zero-order valence-corrected chi connectivity index (χ0v) is 23.1. The molecule has 1 heterocycles. The van der Waals surface area contributed by atoms with Crippen molar-refractivity contribution in [3.63, 3.8) is 0 Å². The number of nitrogens with zero attached hydrogens (tertiary/aromatic N) is 1. The number of aryl methyl sites for hydroxylation is 1. The normalized spacial score (nSPS) is 20.5. The number of carbonyl (C=O) groups is 1. The SMILES string of the molecule is CCOc1ccc([C@@H]2C[C@@H](SCc3ccc(Cl)cc3)[C@H](C(=O)O)CN2S(=O)(=O)c2ccc(C)cc2)cc1. The van der Waals surface area contributed by atoms with Gasteiger partial charge in [-0.15, -0.1) is 0 Å². The van der Waals surface area contributed by atoms with Crippen molar-refractivity contribution in [3.05, 3.63) is 94.5 Å². The Labute approximate surface area is 227 Å². The van der Waals surface area contributed by atoms with Crippen molar-refractivity contribution in [2.45, 2.75) is 42.2 Å². The Kier molecular flexibility index (Phi) is 8.85. The number of rotatable bonds is 9.